The Balaban J connectivity index is 1.04. The van der Waals surface area contributed by atoms with Gasteiger partial charge in [0.1, 0.15) is 12.1 Å². The van der Waals surface area contributed by atoms with Crippen LogP contribution >= 0.6 is 0 Å². The summed E-state index contributed by atoms with van der Waals surface area (Å²) in [6, 6.07) is 77.6. The monoisotopic (exact) mass is 838 g/mol. The molecule has 4 heterocycles. The SMILES string of the molecule is N#Cc1cc(-n2c3ccc(-n4c5ccccc5c5ccccc54)cc3c3c4ccccc4ccc32)c(C#N)cc1-n1c2ccccc2c2cc3c(cc21)c1ccccc1n3-c1ccccc1. The van der Waals surface area contributed by atoms with Gasteiger partial charge in [0.2, 0.25) is 0 Å². The highest BCUT2D eigenvalue weighted by molar-refractivity contribution is 6.23. The Labute approximate surface area is 377 Å². The van der Waals surface area contributed by atoms with Gasteiger partial charge in [0, 0.05) is 54.5 Å². The summed E-state index contributed by atoms with van der Waals surface area (Å²) in [5.41, 5.74) is 12.7. The summed E-state index contributed by atoms with van der Waals surface area (Å²) >= 11 is 0. The Hall–Kier alpha value is -9.36. The van der Waals surface area contributed by atoms with Crippen molar-refractivity contribution in [1.29, 1.82) is 10.5 Å². The summed E-state index contributed by atoms with van der Waals surface area (Å²) in [4.78, 5) is 0. The fraction of sp³-hybridized carbons (Fsp3) is 0. The molecule has 0 saturated carbocycles. The van der Waals surface area contributed by atoms with Crippen LogP contribution in [0.1, 0.15) is 11.1 Å². The Bertz CT molecular complexity index is 4430. The maximum absolute atomic E-state index is 11.2. The van der Waals surface area contributed by atoms with Gasteiger partial charge in [0.25, 0.3) is 0 Å². The molecule has 0 spiro atoms. The van der Waals surface area contributed by atoms with E-state index in [1.165, 1.54) is 10.8 Å². The van der Waals surface area contributed by atoms with Gasteiger partial charge >= 0.3 is 0 Å². The molecule has 0 N–H and O–H groups in total. The van der Waals surface area contributed by atoms with Crippen LogP contribution in [0.15, 0.2) is 206 Å². The predicted molar refractivity (Wildman–Crippen MR) is 271 cm³/mol. The summed E-state index contributed by atoms with van der Waals surface area (Å²) < 4.78 is 9.05. The highest BCUT2D eigenvalue weighted by Gasteiger charge is 2.24. The van der Waals surface area contributed by atoms with Crippen LogP contribution in [0.5, 0.6) is 0 Å². The van der Waals surface area contributed by atoms with Gasteiger partial charge in [-0.05, 0) is 95.7 Å². The molecule has 304 valence electrons. The van der Waals surface area contributed by atoms with Crippen LogP contribution in [0.25, 0.3) is 121 Å². The first-order chi connectivity index (χ1) is 32.7. The number of aromatic nitrogens is 4. The van der Waals surface area contributed by atoms with E-state index in [2.05, 4.69) is 212 Å². The van der Waals surface area contributed by atoms with E-state index in [9.17, 15) is 10.5 Å². The minimum Gasteiger partial charge on any atom is -0.309 e. The molecule has 0 bridgehead atoms. The lowest BCUT2D eigenvalue weighted by molar-refractivity contribution is 1.12. The highest BCUT2D eigenvalue weighted by Crippen LogP contribution is 2.43. The van der Waals surface area contributed by atoms with E-state index in [0.717, 1.165) is 98.6 Å². The van der Waals surface area contributed by atoms with Crippen molar-refractivity contribution in [3.8, 4) is 34.9 Å². The predicted octanol–water partition coefficient (Wildman–Crippen LogP) is 15.0. The van der Waals surface area contributed by atoms with Crippen LogP contribution in [0.3, 0.4) is 0 Å². The van der Waals surface area contributed by atoms with Crippen molar-refractivity contribution in [1.82, 2.24) is 18.3 Å². The molecule has 14 aromatic rings. The lowest BCUT2D eigenvalue weighted by Crippen LogP contribution is -2.04. The summed E-state index contributed by atoms with van der Waals surface area (Å²) in [6.45, 7) is 0. The van der Waals surface area contributed by atoms with Crippen molar-refractivity contribution in [3.63, 3.8) is 0 Å². The standard InChI is InChI=1S/C60H34N6/c61-35-38-31-57(66-53-25-13-9-21-46(53)48-33-58-47(34-59(48)66)45-20-8-12-24-52(45)63(58)40-15-2-1-3-16-40)39(36-62)30-56(38)65-54-29-27-41(32-49(54)60-42-17-5-4-14-37(42)26-28-55(60)65)64-50-22-10-6-18-43(50)44-19-7-11-23-51(44)64/h1-34H. The first-order valence-corrected chi connectivity index (χ1v) is 22.1. The molecule has 0 fully saturated rings. The Morgan fingerprint density at radius 1 is 0.273 bits per heavy atom. The second-order valence-corrected chi connectivity index (χ2v) is 17.1. The first-order valence-electron chi connectivity index (χ1n) is 22.1. The van der Waals surface area contributed by atoms with E-state index in [0.29, 0.717) is 22.5 Å². The van der Waals surface area contributed by atoms with Gasteiger partial charge in [0.05, 0.1) is 66.6 Å². The molecule has 0 aliphatic rings. The van der Waals surface area contributed by atoms with Crippen LogP contribution in [0.4, 0.5) is 0 Å². The van der Waals surface area contributed by atoms with Gasteiger partial charge in [-0.15, -0.1) is 0 Å². The Morgan fingerprint density at radius 2 is 0.697 bits per heavy atom. The third kappa shape index (κ3) is 4.87. The molecule has 0 saturated heterocycles. The number of nitrogens with zero attached hydrogens (tertiary/aromatic N) is 6. The van der Waals surface area contributed by atoms with E-state index in [-0.39, 0.29) is 0 Å². The molecule has 0 radical (unpaired) electrons. The summed E-state index contributed by atoms with van der Waals surface area (Å²) in [5, 5.41) is 33.6. The van der Waals surface area contributed by atoms with Crippen LogP contribution in [-0.4, -0.2) is 18.3 Å². The first kappa shape index (κ1) is 36.2. The molecule has 14 rings (SSSR count). The van der Waals surface area contributed by atoms with Crippen molar-refractivity contribution in [2.75, 3.05) is 0 Å². The molecule has 0 atom stereocenters. The molecule has 0 amide bonds. The lowest BCUT2D eigenvalue weighted by atomic mass is 10.0. The van der Waals surface area contributed by atoms with E-state index < -0.39 is 0 Å². The van der Waals surface area contributed by atoms with Gasteiger partial charge in [-0.3, -0.25) is 0 Å². The quantitative estimate of drug-likeness (QED) is 0.177. The number of para-hydroxylation sites is 5. The van der Waals surface area contributed by atoms with Crippen molar-refractivity contribution in [2.45, 2.75) is 0 Å². The van der Waals surface area contributed by atoms with Gasteiger partial charge in [-0.1, -0.05) is 121 Å². The van der Waals surface area contributed by atoms with E-state index >= 15 is 0 Å². The maximum Gasteiger partial charge on any atom is 0.101 e. The van der Waals surface area contributed by atoms with Crippen LogP contribution in [0.2, 0.25) is 0 Å². The highest BCUT2D eigenvalue weighted by atomic mass is 15.0. The number of rotatable bonds is 4. The second-order valence-electron chi connectivity index (χ2n) is 17.1. The van der Waals surface area contributed by atoms with Crippen molar-refractivity contribution in [2.24, 2.45) is 0 Å². The minimum absolute atomic E-state index is 0.468. The normalized spacial score (nSPS) is 11.9. The van der Waals surface area contributed by atoms with Gasteiger partial charge in [-0.25, -0.2) is 0 Å². The topological polar surface area (TPSA) is 67.3 Å². The van der Waals surface area contributed by atoms with Crippen molar-refractivity contribution < 1.29 is 0 Å². The van der Waals surface area contributed by atoms with E-state index in [1.807, 2.05) is 24.3 Å². The zero-order chi connectivity index (χ0) is 43.6. The number of fused-ring (bicyclic) bond motifs is 14. The molecule has 0 aliphatic heterocycles. The maximum atomic E-state index is 11.2. The average Bonchev–Trinajstić information content (AvgIpc) is 4.10. The van der Waals surface area contributed by atoms with Crippen molar-refractivity contribution in [3.05, 3.63) is 217 Å². The third-order valence-corrected chi connectivity index (χ3v) is 13.8. The number of benzene rings is 10. The molecule has 66 heavy (non-hydrogen) atoms. The molecular formula is C60H34N6. The van der Waals surface area contributed by atoms with Crippen molar-refractivity contribution >= 4 is 98.0 Å². The summed E-state index contributed by atoms with van der Waals surface area (Å²) in [7, 11) is 0. The molecule has 10 aromatic carbocycles. The Morgan fingerprint density at radius 3 is 1.27 bits per heavy atom. The minimum atomic E-state index is 0.468. The molecule has 0 unspecified atom stereocenters. The zero-order valence-electron chi connectivity index (χ0n) is 35.3. The molecule has 6 heteroatoms. The van der Waals surface area contributed by atoms with Crippen LogP contribution in [0, 0.1) is 22.7 Å². The van der Waals surface area contributed by atoms with E-state index in [1.54, 1.807) is 0 Å². The Kier molecular flexibility index (Phi) is 7.43. The average molecular weight is 839 g/mol. The smallest absolute Gasteiger partial charge is 0.101 e. The van der Waals surface area contributed by atoms with Gasteiger partial charge < -0.3 is 18.3 Å². The molecule has 0 aliphatic carbocycles. The summed E-state index contributed by atoms with van der Waals surface area (Å²) in [5.74, 6) is 0. The fourth-order valence-corrected chi connectivity index (χ4v) is 11.0. The molecular weight excluding hydrogens is 805 g/mol. The third-order valence-electron chi connectivity index (χ3n) is 13.8. The summed E-state index contributed by atoms with van der Waals surface area (Å²) in [6.07, 6.45) is 0. The molecule has 4 aromatic heterocycles. The number of hydrogen-bond donors (Lipinski definition) is 0. The second kappa shape index (κ2) is 13.6. The lowest BCUT2D eigenvalue weighted by Gasteiger charge is -2.16. The van der Waals surface area contributed by atoms with Gasteiger partial charge in [0.15, 0.2) is 0 Å². The molecule has 6 nitrogen and oxygen atoms in total. The largest absolute Gasteiger partial charge is 0.309 e. The van der Waals surface area contributed by atoms with Crippen LogP contribution in [-0.2, 0) is 0 Å². The number of hydrogen-bond acceptors (Lipinski definition) is 2. The van der Waals surface area contributed by atoms with Crippen LogP contribution < -0.4 is 0 Å². The van der Waals surface area contributed by atoms with E-state index in [4.69, 9.17) is 0 Å². The zero-order valence-corrected chi connectivity index (χ0v) is 35.3. The number of nitriles is 2. The fourth-order valence-electron chi connectivity index (χ4n) is 11.0. The van der Waals surface area contributed by atoms with Gasteiger partial charge in [-0.2, -0.15) is 10.5 Å².